The Bertz CT molecular complexity index is 151. The van der Waals surface area contributed by atoms with E-state index in [1.807, 2.05) is 13.8 Å². The van der Waals surface area contributed by atoms with Crippen LogP contribution in [0.5, 0.6) is 0 Å². The van der Waals surface area contributed by atoms with E-state index in [2.05, 4.69) is 41.5 Å². The Morgan fingerprint density at radius 2 is 0.684 bits per heavy atom. The lowest BCUT2D eigenvalue weighted by atomic mass is 10.8. The summed E-state index contributed by atoms with van der Waals surface area (Å²) in [6, 6.07) is 9.26. The summed E-state index contributed by atoms with van der Waals surface area (Å²) in [6.07, 6.45) is 0. The predicted molar refractivity (Wildman–Crippen MR) is 96.6 cm³/mol. The van der Waals surface area contributed by atoms with Gasteiger partial charge < -0.3 is 4.74 Å². The monoisotopic (exact) mass is 304 g/mol. The fourth-order valence-electron chi connectivity index (χ4n) is 3.95. The highest BCUT2D eigenvalue weighted by Gasteiger charge is 2.47. The first-order valence-corrected chi connectivity index (χ1v) is 14.8. The van der Waals surface area contributed by atoms with Crippen molar-refractivity contribution in [3.05, 3.63) is 0 Å². The quantitative estimate of drug-likeness (QED) is 0.466. The van der Waals surface area contributed by atoms with E-state index in [0.29, 0.717) is 0 Å². The molecule has 0 aromatic carbocycles. The van der Waals surface area contributed by atoms with Gasteiger partial charge in [0.2, 0.25) is 0 Å². The standard InChI is InChI=1S/C12H30Si2.C4H10O/c1-7-13(8-2,9-3)14(10-4,11-5)12-6;1-3-5-4-2/h7-12H2,1-6H3;3-4H2,1-2H3. The third kappa shape index (κ3) is 5.72. The number of hydrogen-bond donors (Lipinski definition) is 0. The van der Waals surface area contributed by atoms with Gasteiger partial charge in [0, 0.05) is 28.4 Å². The van der Waals surface area contributed by atoms with Crippen LogP contribution >= 0.6 is 0 Å². The molecule has 0 radical (unpaired) electrons. The van der Waals surface area contributed by atoms with Gasteiger partial charge in [0.15, 0.2) is 0 Å². The molecule has 0 amide bonds. The highest BCUT2D eigenvalue weighted by atomic mass is 29.3. The molecule has 0 unspecified atom stereocenters. The first kappa shape index (κ1) is 21.7. The largest absolute Gasteiger partial charge is 0.382 e. The van der Waals surface area contributed by atoms with Gasteiger partial charge in [0.25, 0.3) is 0 Å². The number of ether oxygens (including phenoxy) is 1. The third-order valence-electron chi connectivity index (χ3n) is 5.59. The van der Waals surface area contributed by atoms with Crippen molar-refractivity contribution in [2.75, 3.05) is 13.2 Å². The zero-order valence-electron chi connectivity index (χ0n) is 15.1. The van der Waals surface area contributed by atoms with Crippen molar-refractivity contribution in [3.8, 4) is 0 Å². The molecule has 1 nitrogen and oxygen atoms in total. The fourth-order valence-corrected chi connectivity index (χ4v) is 25.0. The van der Waals surface area contributed by atoms with Gasteiger partial charge in [-0.25, -0.2) is 0 Å². The zero-order chi connectivity index (χ0) is 15.4. The molecule has 0 aromatic heterocycles. The smallest absolute Gasteiger partial charge is 0.0470 e. The molecule has 0 bridgehead atoms. The second kappa shape index (κ2) is 12.2. The maximum atomic E-state index is 4.83. The molecule has 0 rings (SSSR count). The SMILES string of the molecule is CCOCC.CC[Si](CC)(CC)[Si](CC)(CC)CC. The van der Waals surface area contributed by atoms with Crippen LogP contribution in [0.2, 0.25) is 36.3 Å². The Morgan fingerprint density at radius 1 is 0.474 bits per heavy atom. The molecule has 0 N–H and O–H groups in total. The van der Waals surface area contributed by atoms with E-state index < -0.39 is 15.2 Å². The van der Waals surface area contributed by atoms with Crippen LogP contribution in [0.15, 0.2) is 0 Å². The molecule has 0 aromatic rings. The van der Waals surface area contributed by atoms with Gasteiger partial charge in [-0.05, 0) is 13.8 Å². The molecular formula is C16H40OSi2. The second-order valence-electron chi connectivity index (χ2n) is 5.46. The van der Waals surface area contributed by atoms with Crippen molar-refractivity contribution in [2.45, 2.75) is 91.7 Å². The summed E-state index contributed by atoms with van der Waals surface area (Å²) < 4.78 is 4.83. The van der Waals surface area contributed by atoms with Crippen LogP contribution in [0, 0.1) is 0 Å². The van der Waals surface area contributed by atoms with Crippen LogP contribution < -0.4 is 0 Å². The van der Waals surface area contributed by atoms with Crippen LogP contribution in [0.3, 0.4) is 0 Å². The van der Waals surface area contributed by atoms with Gasteiger partial charge in [0.1, 0.15) is 0 Å². The first-order valence-electron chi connectivity index (χ1n) is 8.61. The van der Waals surface area contributed by atoms with Crippen LogP contribution in [-0.4, -0.2) is 28.4 Å². The fraction of sp³-hybridized carbons (Fsp3) is 1.00. The molecule has 0 atom stereocenters. The summed E-state index contributed by atoms with van der Waals surface area (Å²) in [5.41, 5.74) is 0. The number of rotatable bonds is 9. The molecule has 0 aliphatic carbocycles. The topological polar surface area (TPSA) is 9.23 Å². The van der Waals surface area contributed by atoms with E-state index in [-0.39, 0.29) is 0 Å². The second-order valence-corrected chi connectivity index (χ2v) is 21.2. The Morgan fingerprint density at radius 3 is 0.737 bits per heavy atom. The molecule has 19 heavy (non-hydrogen) atoms. The maximum absolute atomic E-state index is 4.83. The molecule has 118 valence electrons. The van der Waals surface area contributed by atoms with E-state index in [0.717, 1.165) is 13.2 Å². The summed E-state index contributed by atoms with van der Waals surface area (Å²) in [4.78, 5) is 0. The molecule has 3 heteroatoms. The number of hydrogen-bond acceptors (Lipinski definition) is 1. The van der Waals surface area contributed by atoms with E-state index in [1.54, 1.807) is 36.3 Å². The van der Waals surface area contributed by atoms with E-state index >= 15 is 0 Å². The first-order chi connectivity index (χ1) is 9.03. The van der Waals surface area contributed by atoms with Gasteiger partial charge in [0.05, 0.1) is 0 Å². The van der Waals surface area contributed by atoms with E-state index in [9.17, 15) is 0 Å². The van der Waals surface area contributed by atoms with Gasteiger partial charge in [-0.1, -0.05) is 77.8 Å². The summed E-state index contributed by atoms with van der Waals surface area (Å²) in [6.45, 7) is 20.5. The van der Waals surface area contributed by atoms with Gasteiger partial charge in [-0.2, -0.15) is 0 Å². The minimum absolute atomic E-state index is 0.844. The average Bonchev–Trinajstić information content (AvgIpc) is 2.47. The van der Waals surface area contributed by atoms with Gasteiger partial charge >= 0.3 is 0 Å². The van der Waals surface area contributed by atoms with Crippen LogP contribution in [0.25, 0.3) is 0 Å². The van der Waals surface area contributed by atoms with Crippen LogP contribution in [-0.2, 0) is 4.74 Å². The lowest BCUT2D eigenvalue weighted by molar-refractivity contribution is 0.162. The minimum Gasteiger partial charge on any atom is -0.382 e. The van der Waals surface area contributed by atoms with Crippen molar-refractivity contribution in [1.82, 2.24) is 0 Å². The zero-order valence-corrected chi connectivity index (χ0v) is 17.1. The predicted octanol–water partition coefficient (Wildman–Crippen LogP) is 6.12. The average molecular weight is 305 g/mol. The van der Waals surface area contributed by atoms with E-state index in [4.69, 9.17) is 4.74 Å². The van der Waals surface area contributed by atoms with Gasteiger partial charge in [-0.15, -0.1) is 0 Å². The molecule has 0 heterocycles. The molecular weight excluding hydrogens is 264 g/mol. The van der Waals surface area contributed by atoms with Crippen LogP contribution in [0.4, 0.5) is 0 Å². The van der Waals surface area contributed by atoms with Crippen molar-refractivity contribution in [2.24, 2.45) is 0 Å². The Balaban J connectivity index is 0. The maximum Gasteiger partial charge on any atom is 0.0470 e. The van der Waals surface area contributed by atoms with Crippen molar-refractivity contribution in [3.63, 3.8) is 0 Å². The molecule has 0 aliphatic heterocycles. The van der Waals surface area contributed by atoms with Crippen molar-refractivity contribution < 1.29 is 4.74 Å². The van der Waals surface area contributed by atoms with Gasteiger partial charge in [-0.3, -0.25) is 0 Å². The van der Waals surface area contributed by atoms with Crippen molar-refractivity contribution >= 4 is 15.2 Å². The molecule has 0 spiro atoms. The summed E-state index contributed by atoms with van der Waals surface area (Å²) >= 11 is 0. The Labute approximate surface area is 125 Å². The van der Waals surface area contributed by atoms with Crippen molar-refractivity contribution in [1.29, 1.82) is 0 Å². The highest BCUT2D eigenvalue weighted by Crippen LogP contribution is 2.38. The molecule has 0 fully saturated rings. The molecule has 0 saturated carbocycles. The normalized spacial score (nSPS) is 12.0. The highest BCUT2D eigenvalue weighted by molar-refractivity contribution is 7.42. The molecule has 0 saturated heterocycles. The third-order valence-corrected chi connectivity index (χ3v) is 29.1. The lowest BCUT2D eigenvalue weighted by Gasteiger charge is -2.46. The summed E-state index contributed by atoms with van der Waals surface area (Å²) in [5, 5.41) is 0. The Hall–Kier alpha value is 0.394. The minimum atomic E-state index is -0.858. The lowest BCUT2D eigenvalue weighted by Crippen LogP contribution is -2.60. The van der Waals surface area contributed by atoms with Crippen LogP contribution in [0.1, 0.15) is 55.4 Å². The molecule has 0 aliphatic rings. The van der Waals surface area contributed by atoms with E-state index in [1.165, 1.54) is 0 Å². The Kier molecular flexibility index (Phi) is 13.9. The summed E-state index contributed by atoms with van der Waals surface area (Å²) in [7, 11) is -1.72. The summed E-state index contributed by atoms with van der Waals surface area (Å²) in [5.74, 6) is 0.